The summed E-state index contributed by atoms with van der Waals surface area (Å²) in [7, 11) is 0. The van der Waals surface area contributed by atoms with Crippen molar-refractivity contribution in [1.29, 1.82) is 0 Å². The van der Waals surface area contributed by atoms with E-state index in [4.69, 9.17) is 4.74 Å². The van der Waals surface area contributed by atoms with Crippen LogP contribution >= 0.6 is 0 Å². The van der Waals surface area contributed by atoms with E-state index in [2.05, 4.69) is 15.4 Å². The Hall–Kier alpha value is -3.45. The molecule has 1 aliphatic rings. The highest BCUT2D eigenvalue weighted by atomic mass is 16.5. The third-order valence-corrected chi connectivity index (χ3v) is 6.05. The minimum absolute atomic E-state index is 0.0844. The van der Waals surface area contributed by atoms with Crippen molar-refractivity contribution in [2.45, 2.75) is 32.8 Å². The Bertz CT molecular complexity index is 1360. The molecule has 3 heterocycles. The van der Waals surface area contributed by atoms with Gasteiger partial charge in [-0.1, -0.05) is 6.07 Å². The summed E-state index contributed by atoms with van der Waals surface area (Å²) in [5, 5.41) is 7.40. The molecule has 0 spiro atoms. The molecule has 1 fully saturated rings. The minimum Gasteiger partial charge on any atom is -0.376 e. The molecule has 2 N–H and O–H groups in total. The molecule has 1 saturated heterocycles. The fourth-order valence-corrected chi connectivity index (χ4v) is 4.06. The largest absolute Gasteiger partial charge is 0.376 e. The van der Waals surface area contributed by atoms with Crippen LogP contribution in [-0.2, 0) is 4.74 Å². The molecule has 1 atom stereocenters. The van der Waals surface area contributed by atoms with E-state index >= 15 is 0 Å². The number of pyridine rings is 1. The summed E-state index contributed by atoms with van der Waals surface area (Å²) in [6, 6.07) is 11.2. The number of hydrogen-bond donors (Lipinski definition) is 2. The average molecular weight is 416 g/mol. The normalized spacial score (nSPS) is 16.3. The van der Waals surface area contributed by atoms with Crippen molar-refractivity contribution in [3.63, 3.8) is 0 Å². The number of aromatic amines is 1. The molecular formula is C24H24N4O3. The summed E-state index contributed by atoms with van der Waals surface area (Å²) in [5.41, 5.74) is 4.79. The van der Waals surface area contributed by atoms with Crippen molar-refractivity contribution in [1.82, 2.24) is 20.1 Å². The van der Waals surface area contributed by atoms with Gasteiger partial charge < -0.3 is 10.1 Å². The third kappa shape index (κ3) is 3.51. The number of nitrogens with one attached hydrogen (secondary N) is 2. The van der Waals surface area contributed by atoms with Crippen molar-refractivity contribution < 1.29 is 9.53 Å². The molecule has 1 aliphatic heterocycles. The molecule has 0 aliphatic carbocycles. The van der Waals surface area contributed by atoms with Gasteiger partial charge in [0, 0.05) is 30.3 Å². The van der Waals surface area contributed by atoms with Crippen LogP contribution in [0.1, 0.15) is 34.3 Å². The summed E-state index contributed by atoms with van der Waals surface area (Å²) < 4.78 is 7.10. The summed E-state index contributed by atoms with van der Waals surface area (Å²) >= 11 is 0. The molecule has 7 nitrogen and oxygen atoms in total. The zero-order valence-corrected chi connectivity index (χ0v) is 17.6. The number of nitrogens with zero attached hydrogens (tertiary/aromatic N) is 2. The Balaban J connectivity index is 1.55. The van der Waals surface area contributed by atoms with E-state index < -0.39 is 0 Å². The van der Waals surface area contributed by atoms with E-state index in [-0.39, 0.29) is 17.6 Å². The standard InChI is InChI=1S/C24H24N4O3/c1-14-5-7-17(10-15(14)2)28-24(30)20-13-25-21-8-6-16(11-19(21)22(20)27-28)23(29)26-12-18-4-3-9-31-18/h5-8,10-11,13,18,27H,3-4,9,12H2,1-2H3,(H,26,29)/t18-/m1/s1. The van der Waals surface area contributed by atoms with Gasteiger partial charge in [-0.05, 0) is 68.1 Å². The lowest BCUT2D eigenvalue weighted by atomic mass is 10.1. The van der Waals surface area contributed by atoms with E-state index in [1.54, 1.807) is 24.4 Å². The second-order valence-corrected chi connectivity index (χ2v) is 8.14. The lowest BCUT2D eigenvalue weighted by Gasteiger charge is -2.11. The Morgan fingerprint density at radius 1 is 1.19 bits per heavy atom. The Morgan fingerprint density at radius 2 is 2.06 bits per heavy atom. The lowest BCUT2D eigenvalue weighted by molar-refractivity contribution is 0.0858. The number of benzene rings is 2. The summed E-state index contributed by atoms with van der Waals surface area (Å²) in [5.74, 6) is -0.162. The second-order valence-electron chi connectivity index (χ2n) is 8.14. The molecule has 7 heteroatoms. The zero-order valence-electron chi connectivity index (χ0n) is 17.6. The predicted octanol–water partition coefficient (Wildman–Crippen LogP) is 3.39. The number of carbonyl (C=O) groups excluding carboxylic acids is 1. The molecule has 31 heavy (non-hydrogen) atoms. The Kier molecular flexibility index (Phi) is 4.82. The van der Waals surface area contributed by atoms with E-state index in [0.29, 0.717) is 23.0 Å². The van der Waals surface area contributed by atoms with Crippen LogP contribution in [0.5, 0.6) is 0 Å². The van der Waals surface area contributed by atoms with Crippen LogP contribution in [0.4, 0.5) is 0 Å². The highest BCUT2D eigenvalue weighted by Gasteiger charge is 2.18. The van der Waals surface area contributed by atoms with Gasteiger partial charge in [-0.3, -0.25) is 19.7 Å². The molecule has 1 amide bonds. The first-order chi connectivity index (χ1) is 15.0. The van der Waals surface area contributed by atoms with E-state index in [0.717, 1.165) is 41.6 Å². The van der Waals surface area contributed by atoms with Crippen LogP contribution in [0.25, 0.3) is 27.5 Å². The van der Waals surface area contributed by atoms with Gasteiger partial charge in [-0.2, -0.15) is 0 Å². The van der Waals surface area contributed by atoms with Crippen LogP contribution in [-0.4, -0.2) is 39.9 Å². The molecule has 2 aromatic heterocycles. The average Bonchev–Trinajstić information content (AvgIpc) is 3.42. The first-order valence-corrected chi connectivity index (χ1v) is 10.5. The number of hydrogen-bond acceptors (Lipinski definition) is 4. The van der Waals surface area contributed by atoms with Crippen LogP contribution in [0.3, 0.4) is 0 Å². The fourth-order valence-electron chi connectivity index (χ4n) is 4.06. The van der Waals surface area contributed by atoms with Crippen LogP contribution < -0.4 is 10.9 Å². The summed E-state index contributed by atoms with van der Waals surface area (Å²) in [6.07, 6.45) is 3.67. The topological polar surface area (TPSA) is 89.0 Å². The van der Waals surface area contributed by atoms with Gasteiger partial charge in [-0.25, -0.2) is 4.68 Å². The fraction of sp³-hybridized carbons (Fsp3) is 0.292. The summed E-state index contributed by atoms with van der Waals surface area (Å²) in [4.78, 5) is 30.1. The van der Waals surface area contributed by atoms with E-state index in [1.807, 2.05) is 32.0 Å². The van der Waals surface area contributed by atoms with Gasteiger partial charge in [-0.15, -0.1) is 0 Å². The monoisotopic (exact) mass is 416 g/mol. The van der Waals surface area contributed by atoms with Gasteiger partial charge in [0.25, 0.3) is 11.5 Å². The SMILES string of the molecule is Cc1ccc(-n2[nH]c3c(cnc4ccc(C(=O)NC[C@H]5CCCO5)cc43)c2=O)cc1C. The van der Waals surface area contributed by atoms with Gasteiger partial charge >= 0.3 is 0 Å². The predicted molar refractivity (Wildman–Crippen MR) is 120 cm³/mol. The van der Waals surface area contributed by atoms with Gasteiger partial charge in [0.15, 0.2) is 0 Å². The molecule has 0 unspecified atom stereocenters. The quantitative estimate of drug-likeness (QED) is 0.534. The Morgan fingerprint density at radius 3 is 2.84 bits per heavy atom. The van der Waals surface area contributed by atoms with Crippen molar-refractivity contribution in [3.8, 4) is 5.69 Å². The number of amides is 1. The number of rotatable bonds is 4. The first kappa shape index (κ1) is 19.5. The van der Waals surface area contributed by atoms with E-state index in [9.17, 15) is 9.59 Å². The number of aromatic nitrogens is 3. The maximum absolute atomic E-state index is 13.0. The number of carbonyl (C=O) groups is 1. The highest BCUT2D eigenvalue weighted by Crippen LogP contribution is 2.23. The lowest BCUT2D eigenvalue weighted by Crippen LogP contribution is -2.31. The van der Waals surface area contributed by atoms with Crippen LogP contribution in [0, 0.1) is 13.8 Å². The smallest absolute Gasteiger partial charge is 0.280 e. The number of H-pyrrole nitrogens is 1. The van der Waals surface area contributed by atoms with Crippen molar-refractivity contribution in [2.75, 3.05) is 13.2 Å². The molecule has 158 valence electrons. The van der Waals surface area contributed by atoms with Gasteiger partial charge in [0.2, 0.25) is 0 Å². The molecule has 5 rings (SSSR count). The van der Waals surface area contributed by atoms with Gasteiger partial charge in [0.05, 0.1) is 28.2 Å². The van der Waals surface area contributed by atoms with Crippen molar-refractivity contribution >= 4 is 27.7 Å². The highest BCUT2D eigenvalue weighted by molar-refractivity contribution is 6.06. The second kappa shape index (κ2) is 7.67. The maximum atomic E-state index is 13.0. The number of fused-ring (bicyclic) bond motifs is 3. The number of aryl methyl sites for hydroxylation is 2. The summed E-state index contributed by atoms with van der Waals surface area (Å²) in [6.45, 7) is 5.31. The van der Waals surface area contributed by atoms with Crippen LogP contribution in [0.2, 0.25) is 0 Å². The zero-order chi connectivity index (χ0) is 21.5. The van der Waals surface area contributed by atoms with Gasteiger partial charge in [0.1, 0.15) is 0 Å². The Labute approximate surface area is 179 Å². The molecule has 0 bridgehead atoms. The molecule has 0 radical (unpaired) electrons. The molecule has 4 aromatic rings. The van der Waals surface area contributed by atoms with Crippen molar-refractivity contribution in [2.24, 2.45) is 0 Å². The molecule has 0 saturated carbocycles. The molecule has 2 aromatic carbocycles. The van der Waals surface area contributed by atoms with Crippen LogP contribution in [0.15, 0.2) is 47.4 Å². The maximum Gasteiger partial charge on any atom is 0.280 e. The third-order valence-electron chi connectivity index (χ3n) is 6.05. The number of ether oxygens (including phenoxy) is 1. The minimum atomic E-state index is -0.166. The molecular weight excluding hydrogens is 392 g/mol. The van der Waals surface area contributed by atoms with E-state index in [1.165, 1.54) is 10.2 Å². The van der Waals surface area contributed by atoms with Crippen molar-refractivity contribution in [3.05, 3.63) is 69.6 Å². The first-order valence-electron chi connectivity index (χ1n) is 10.5.